The lowest BCUT2D eigenvalue weighted by Crippen LogP contribution is -2.05. The summed E-state index contributed by atoms with van der Waals surface area (Å²) >= 11 is 0. The van der Waals surface area contributed by atoms with Gasteiger partial charge in [-0.15, -0.1) is 11.0 Å². The molecule has 85 heavy (non-hydrogen) atoms. The molecule has 1 aromatic heterocycles. The minimum atomic E-state index is 0.125. The fraction of sp³-hybridized carbons (Fsp3) is 0.235. The highest BCUT2D eigenvalue weighted by molar-refractivity contribution is 5.59. The molecular formula is C68H67N3O14. The average molecular weight is 1150 g/mol. The predicted molar refractivity (Wildman–Crippen MR) is 321 cm³/mol. The molecule has 0 aliphatic heterocycles. The smallest absolute Gasteiger partial charge is 0.129 e. The van der Waals surface area contributed by atoms with Gasteiger partial charge in [-0.05, 0) is 137 Å². The summed E-state index contributed by atoms with van der Waals surface area (Å²) in [5.41, 5.74) is 8.29. The van der Waals surface area contributed by atoms with Crippen molar-refractivity contribution in [2.45, 2.75) is 53.1 Å². The monoisotopic (exact) mass is 1150 g/mol. The van der Waals surface area contributed by atoms with Gasteiger partial charge < -0.3 is 66.3 Å². The van der Waals surface area contributed by atoms with E-state index < -0.39 is 0 Å². The molecule has 17 nitrogen and oxygen atoms in total. The van der Waals surface area contributed by atoms with Gasteiger partial charge in [-0.1, -0.05) is 23.3 Å². The highest BCUT2D eigenvalue weighted by atomic mass is 16.5. The van der Waals surface area contributed by atoms with Crippen molar-refractivity contribution in [2.75, 3.05) is 56.9 Å². The van der Waals surface area contributed by atoms with Gasteiger partial charge in [0.25, 0.3) is 0 Å². The quantitative estimate of drug-likeness (QED) is 0.0407. The minimum Gasteiger partial charge on any atom is -0.497 e. The van der Waals surface area contributed by atoms with Gasteiger partial charge in [-0.25, -0.2) is 4.68 Å². The van der Waals surface area contributed by atoms with Crippen molar-refractivity contribution in [1.82, 2.24) is 15.0 Å². The molecule has 0 radical (unpaired) electrons. The standard InChI is InChI=1S/C68H67N3O14/c1-10-11-45-12-14-52(15-13-45)67-38-71(70-69-67)37-46-18-61(80-42-50-26-63(82-39-47-20-55(73-3)30-56(21-47)74-4)34-64(27-50)83-40-48-22-57(75-5)31-58(23-48)76-6)33-62(19-46)81-43-51-28-65(84-41-49-24-59(77-7)32-60(25-49)78-8)35-66(29-51)85-44-53-16-17-54(72-2)36-68(53)79-9/h12-36,38H,37,39-44H2,1-9H3. The largest absolute Gasteiger partial charge is 0.497 e. The third kappa shape index (κ3) is 16.7. The summed E-state index contributed by atoms with van der Waals surface area (Å²) in [6.07, 6.45) is 1.90. The van der Waals surface area contributed by atoms with Crippen LogP contribution in [0.2, 0.25) is 0 Å². The molecule has 17 heteroatoms. The van der Waals surface area contributed by atoms with Crippen LogP contribution in [0.1, 0.15) is 51.4 Å². The van der Waals surface area contributed by atoms with Gasteiger partial charge in [-0.3, -0.25) is 0 Å². The van der Waals surface area contributed by atoms with Gasteiger partial charge in [-0.2, -0.15) is 0 Å². The van der Waals surface area contributed by atoms with Crippen LogP contribution in [0.25, 0.3) is 11.3 Å². The van der Waals surface area contributed by atoms with E-state index in [1.807, 2.05) is 165 Å². The molecule has 0 aliphatic carbocycles. The van der Waals surface area contributed by atoms with E-state index in [9.17, 15) is 0 Å². The Hall–Kier alpha value is -10.3. The molecular weight excluding hydrogens is 1080 g/mol. The summed E-state index contributed by atoms with van der Waals surface area (Å²) in [6.45, 7) is 3.26. The van der Waals surface area contributed by atoms with Crippen LogP contribution in [-0.4, -0.2) is 71.9 Å². The molecule has 0 saturated carbocycles. The first kappa shape index (κ1) is 59.3. The van der Waals surface area contributed by atoms with E-state index in [-0.39, 0.29) is 39.6 Å². The van der Waals surface area contributed by atoms with Crippen LogP contribution in [0.3, 0.4) is 0 Å². The SMILES string of the molecule is CC#Cc1ccc(-c2cn(Cc3cc(OCc4cc(OCc5cc(OC)cc(OC)c5)cc(OCc5cc(OC)cc(OC)c5)c4)cc(OCc4cc(OCc5cc(OC)cc(OC)c5)cc(OCc5ccc(OC)cc5OC)c4)c3)nn2)cc1. The summed E-state index contributed by atoms with van der Waals surface area (Å²) in [4.78, 5) is 0. The van der Waals surface area contributed by atoms with Crippen molar-refractivity contribution in [3.8, 4) is 104 Å². The number of methoxy groups -OCH3 is 8. The van der Waals surface area contributed by atoms with Crippen molar-refractivity contribution in [3.05, 3.63) is 202 Å². The lowest BCUT2D eigenvalue weighted by atomic mass is 10.1. The number of hydrogen-bond acceptors (Lipinski definition) is 16. The van der Waals surface area contributed by atoms with Crippen LogP contribution in [0.5, 0.6) is 80.5 Å². The van der Waals surface area contributed by atoms with E-state index in [1.54, 1.807) is 61.6 Å². The van der Waals surface area contributed by atoms with Crippen LogP contribution >= 0.6 is 0 Å². The Morgan fingerprint density at radius 2 is 0.682 bits per heavy atom. The first-order valence-electron chi connectivity index (χ1n) is 27.0. The Bertz CT molecular complexity index is 3610. The van der Waals surface area contributed by atoms with E-state index >= 15 is 0 Å². The summed E-state index contributed by atoms with van der Waals surface area (Å²) in [7, 11) is 12.9. The zero-order valence-corrected chi connectivity index (χ0v) is 49.0. The fourth-order valence-electron chi connectivity index (χ4n) is 9.03. The maximum atomic E-state index is 6.69. The predicted octanol–water partition coefficient (Wildman–Crippen LogP) is 12.9. The first-order valence-corrected chi connectivity index (χ1v) is 27.0. The second-order valence-corrected chi connectivity index (χ2v) is 19.3. The van der Waals surface area contributed by atoms with Crippen LogP contribution in [0, 0.1) is 11.8 Å². The number of aromatic nitrogens is 3. The molecule has 0 aliphatic rings. The van der Waals surface area contributed by atoms with Crippen molar-refractivity contribution in [2.24, 2.45) is 0 Å². The molecule has 9 rings (SSSR count). The van der Waals surface area contributed by atoms with Gasteiger partial charge in [0.05, 0.1) is 69.6 Å². The van der Waals surface area contributed by atoms with E-state index in [0.29, 0.717) is 92.7 Å². The van der Waals surface area contributed by atoms with E-state index in [4.69, 9.17) is 66.3 Å². The van der Waals surface area contributed by atoms with E-state index in [2.05, 4.69) is 22.2 Å². The molecule has 1 heterocycles. The first-order chi connectivity index (χ1) is 41.5. The Morgan fingerprint density at radius 1 is 0.341 bits per heavy atom. The van der Waals surface area contributed by atoms with Crippen molar-refractivity contribution in [3.63, 3.8) is 0 Å². The highest BCUT2D eigenvalue weighted by Crippen LogP contribution is 2.34. The third-order valence-electron chi connectivity index (χ3n) is 13.3. The number of benzene rings is 8. The molecule has 0 atom stereocenters. The van der Waals surface area contributed by atoms with Gasteiger partial charge in [0, 0.05) is 59.2 Å². The molecule has 9 aromatic rings. The normalized spacial score (nSPS) is 10.6. The summed E-state index contributed by atoms with van der Waals surface area (Å²) in [6, 6.07) is 47.4. The zero-order valence-electron chi connectivity index (χ0n) is 49.0. The maximum Gasteiger partial charge on any atom is 0.129 e. The molecule has 0 spiro atoms. The van der Waals surface area contributed by atoms with Crippen molar-refractivity contribution < 1.29 is 66.3 Å². The fourth-order valence-corrected chi connectivity index (χ4v) is 9.03. The zero-order chi connectivity index (χ0) is 59.5. The molecule has 0 amide bonds. The number of rotatable bonds is 29. The molecule has 0 saturated heterocycles. The molecule has 0 N–H and O–H groups in total. The highest BCUT2D eigenvalue weighted by Gasteiger charge is 2.15. The molecule has 0 fully saturated rings. The Balaban J connectivity index is 1.01. The van der Waals surface area contributed by atoms with Crippen LogP contribution in [0.15, 0.2) is 158 Å². The van der Waals surface area contributed by atoms with Crippen LogP contribution in [0.4, 0.5) is 0 Å². The third-order valence-corrected chi connectivity index (χ3v) is 13.3. The lowest BCUT2D eigenvalue weighted by molar-refractivity contribution is 0.274. The molecule has 0 bridgehead atoms. The van der Waals surface area contributed by atoms with Gasteiger partial charge >= 0.3 is 0 Å². The second-order valence-electron chi connectivity index (χ2n) is 19.3. The number of nitrogens with zero attached hydrogens (tertiary/aromatic N) is 3. The lowest BCUT2D eigenvalue weighted by Gasteiger charge is -2.16. The summed E-state index contributed by atoms with van der Waals surface area (Å²) in [5.74, 6) is 14.5. The molecule has 438 valence electrons. The van der Waals surface area contributed by atoms with Crippen LogP contribution < -0.4 is 66.3 Å². The van der Waals surface area contributed by atoms with Crippen molar-refractivity contribution >= 4 is 0 Å². The Morgan fingerprint density at radius 3 is 1.04 bits per heavy atom. The second kappa shape index (κ2) is 29.1. The molecule has 0 unspecified atom stereocenters. The van der Waals surface area contributed by atoms with Gasteiger partial charge in [0.2, 0.25) is 0 Å². The van der Waals surface area contributed by atoms with E-state index in [0.717, 1.165) is 50.1 Å². The summed E-state index contributed by atoms with van der Waals surface area (Å²) in [5, 5.41) is 9.02. The topological polar surface area (TPSA) is 160 Å². The van der Waals surface area contributed by atoms with Crippen molar-refractivity contribution in [1.29, 1.82) is 0 Å². The number of hydrogen-bond donors (Lipinski definition) is 0. The van der Waals surface area contributed by atoms with E-state index in [1.165, 1.54) is 0 Å². The summed E-state index contributed by atoms with van der Waals surface area (Å²) < 4.78 is 85.2. The van der Waals surface area contributed by atoms with Crippen LogP contribution in [-0.2, 0) is 46.2 Å². The Kier molecular flexibility index (Phi) is 20.3. The van der Waals surface area contributed by atoms with Gasteiger partial charge in [0.1, 0.15) is 126 Å². The Labute approximate surface area is 495 Å². The number of ether oxygens (including phenoxy) is 14. The molecule has 8 aromatic carbocycles. The van der Waals surface area contributed by atoms with Gasteiger partial charge in [0.15, 0.2) is 0 Å². The maximum absolute atomic E-state index is 6.69. The minimum absolute atomic E-state index is 0.125. The average Bonchev–Trinajstić information content (AvgIpc) is 4.16.